The zero-order valence-electron chi connectivity index (χ0n) is 19.2. The molecule has 2 aliphatic heterocycles. The maximum Gasteiger partial charge on any atom is 0.410 e. The molecule has 0 saturated carbocycles. The van der Waals surface area contributed by atoms with E-state index in [1.807, 2.05) is 19.9 Å². The Bertz CT molecular complexity index is 950. The Balaban J connectivity index is 1.32. The molecule has 0 aliphatic carbocycles. The van der Waals surface area contributed by atoms with Crippen LogP contribution in [-0.4, -0.2) is 55.4 Å². The fraction of sp³-hybridized carbons (Fsp3) is 0.565. The summed E-state index contributed by atoms with van der Waals surface area (Å²) in [6, 6.07) is 5.10. The van der Waals surface area contributed by atoms with Gasteiger partial charge in [-0.3, -0.25) is 0 Å². The average Bonchev–Trinajstić information content (AvgIpc) is 3.47. The summed E-state index contributed by atoms with van der Waals surface area (Å²) in [7, 11) is 1.42. The molecule has 0 spiro atoms. The van der Waals surface area contributed by atoms with Gasteiger partial charge in [0.2, 0.25) is 0 Å². The van der Waals surface area contributed by atoms with Crippen LogP contribution in [0.3, 0.4) is 0 Å². The van der Waals surface area contributed by atoms with E-state index in [0.29, 0.717) is 35.5 Å². The maximum absolute atomic E-state index is 14.7. The van der Waals surface area contributed by atoms with Crippen LogP contribution in [0.1, 0.15) is 55.6 Å². The molecular weight excluding hydrogens is 465 g/mol. The van der Waals surface area contributed by atoms with E-state index in [-0.39, 0.29) is 18.0 Å². The van der Waals surface area contributed by atoms with Gasteiger partial charge in [-0.1, -0.05) is 0 Å². The number of hydrogen-bond donors (Lipinski definition) is 0. The SMILES string of the molecule is COOSc1ccc(N2CC[C@H](c3csc(C4CCN(C(=O)OC(C)C)CC4)n3)C2)c(F)c1. The van der Waals surface area contributed by atoms with Gasteiger partial charge in [-0.05, 0) is 51.3 Å². The Morgan fingerprint density at radius 1 is 1.21 bits per heavy atom. The molecule has 2 saturated heterocycles. The zero-order valence-corrected chi connectivity index (χ0v) is 20.8. The van der Waals surface area contributed by atoms with Crippen LogP contribution < -0.4 is 4.90 Å². The highest BCUT2D eigenvalue weighted by Crippen LogP contribution is 2.37. The number of thiazole rings is 1. The van der Waals surface area contributed by atoms with Crippen LogP contribution in [0.5, 0.6) is 0 Å². The fourth-order valence-corrected chi connectivity index (χ4v) is 5.85. The molecule has 0 N–H and O–H groups in total. The van der Waals surface area contributed by atoms with Gasteiger partial charge in [0.05, 0.1) is 41.6 Å². The third-order valence-corrected chi connectivity index (χ3v) is 7.72. The van der Waals surface area contributed by atoms with Crippen molar-refractivity contribution in [2.45, 2.75) is 55.9 Å². The fourth-order valence-electron chi connectivity index (χ4n) is 4.35. The van der Waals surface area contributed by atoms with Gasteiger partial charge in [-0.15, -0.1) is 11.3 Å². The minimum absolute atomic E-state index is 0.0994. The molecule has 1 atom stereocenters. The van der Waals surface area contributed by atoms with Crippen LogP contribution in [0.4, 0.5) is 14.9 Å². The van der Waals surface area contributed by atoms with E-state index < -0.39 is 0 Å². The van der Waals surface area contributed by atoms with Crippen LogP contribution >= 0.6 is 23.4 Å². The van der Waals surface area contributed by atoms with Crippen LogP contribution in [0.15, 0.2) is 28.5 Å². The first-order valence-corrected chi connectivity index (χ1v) is 12.9. The van der Waals surface area contributed by atoms with Gasteiger partial charge >= 0.3 is 6.09 Å². The molecule has 7 nitrogen and oxygen atoms in total. The molecule has 0 radical (unpaired) electrons. The number of rotatable bonds is 7. The first-order chi connectivity index (χ1) is 15.9. The Morgan fingerprint density at radius 3 is 2.67 bits per heavy atom. The van der Waals surface area contributed by atoms with Crippen LogP contribution in [0.2, 0.25) is 0 Å². The molecule has 2 aliphatic rings. The van der Waals surface area contributed by atoms with E-state index in [1.165, 1.54) is 13.2 Å². The number of carbonyl (C=O) groups is 1. The van der Waals surface area contributed by atoms with Gasteiger partial charge < -0.3 is 14.5 Å². The van der Waals surface area contributed by atoms with Crippen molar-refractivity contribution in [3.63, 3.8) is 0 Å². The number of nitrogens with zero attached hydrogens (tertiary/aromatic N) is 3. The van der Waals surface area contributed by atoms with Crippen molar-refractivity contribution in [2.24, 2.45) is 0 Å². The Kier molecular flexibility index (Phi) is 8.11. The van der Waals surface area contributed by atoms with Gasteiger partial charge in [0.25, 0.3) is 0 Å². The molecule has 1 amide bonds. The molecular formula is C23H30FN3O4S2. The van der Waals surface area contributed by atoms with Gasteiger partial charge in [-0.25, -0.2) is 19.1 Å². The normalized spacial score (nSPS) is 19.5. The van der Waals surface area contributed by atoms with Gasteiger partial charge in [0.15, 0.2) is 0 Å². The first-order valence-electron chi connectivity index (χ1n) is 11.3. The minimum Gasteiger partial charge on any atom is -0.447 e. The number of aromatic nitrogens is 1. The van der Waals surface area contributed by atoms with Crippen molar-refractivity contribution >= 4 is 35.2 Å². The predicted octanol–water partition coefficient (Wildman–Crippen LogP) is 5.59. The van der Waals surface area contributed by atoms with E-state index >= 15 is 0 Å². The Labute approximate surface area is 202 Å². The molecule has 0 unspecified atom stereocenters. The summed E-state index contributed by atoms with van der Waals surface area (Å²) < 4.78 is 24.8. The average molecular weight is 496 g/mol. The number of hydrogen-bond acceptors (Lipinski definition) is 8. The lowest BCUT2D eigenvalue weighted by Crippen LogP contribution is -2.39. The maximum atomic E-state index is 14.7. The standard InChI is InChI=1S/C23H30FN3O4S2/c1-15(2)30-23(28)26-9-6-16(7-10-26)22-25-20(14-32-22)17-8-11-27(13-17)21-5-4-18(12-19(21)24)33-31-29-3/h4-5,12,14-17H,6-11,13H2,1-3H3/t17-/m0/s1. The van der Waals surface area contributed by atoms with Crippen molar-refractivity contribution in [1.29, 1.82) is 0 Å². The quantitative estimate of drug-likeness (QED) is 0.282. The second kappa shape index (κ2) is 11.0. The monoisotopic (exact) mass is 495 g/mol. The lowest BCUT2D eigenvalue weighted by atomic mass is 9.97. The zero-order chi connectivity index (χ0) is 23.4. The summed E-state index contributed by atoms with van der Waals surface area (Å²) >= 11 is 2.69. The highest BCUT2D eigenvalue weighted by molar-refractivity contribution is 7.94. The van der Waals surface area contributed by atoms with Crippen LogP contribution in [0.25, 0.3) is 0 Å². The highest BCUT2D eigenvalue weighted by atomic mass is 32.2. The molecule has 2 aromatic rings. The lowest BCUT2D eigenvalue weighted by Gasteiger charge is -2.30. The van der Waals surface area contributed by atoms with Crippen molar-refractivity contribution in [2.75, 3.05) is 38.2 Å². The van der Waals surface area contributed by atoms with Gasteiger partial charge in [0.1, 0.15) is 5.82 Å². The number of likely N-dealkylation sites (tertiary alicyclic amines) is 1. The topological polar surface area (TPSA) is 64.1 Å². The van der Waals surface area contributed by atoms with E-state index in [9.17, 15) is 9.18 Å². The highest BCUT2D eigenvalue weighted by Gasteiger charge is 2.30. The van der Waals surface area contributed by atoms with Crippen molar-refractivity contribution < 1.29 is 23.1 Å². The van der Waals surface area contributed by atoms with Crippen molar-refractivity contribution in [3.8, 4) is 0 Å². The van der Waals surface area contributed by atoms with E-state index in [4.69, 9.17) is 14.1 Å². The number of amides is 1. The Hall–Kier alpha value is -1.88. The third-order valence-electron chi connectivity index (χ3n) is 6.04. The van der Waals surface area contributed by atoms with E-state index in [2.05, 4.69) is 15.2 Å². The summed E-state index contributed by atoms with van der Waals surface area (Å²) in [5.74, 6) is 0.407. The molecule has 180 valence electrons. The molecule has 3 heterocycles. The third kappa shape index (κ3) is 5.98. The van der Waals surface area contributed by atoms with Gasteiger partial charge in [0, 0.05) is 48.3 Å². The smallest absolute Gasteiger partial charge is 0.410 e. The Morgan fingerprint density at radius 2 is 1.97 bits per heavy atom. The summed E-state index contributed by atoms with van der Waals surface area (Å²) in [4.78, 5) is 26.2. The molecule has 0 bridgehead atoms. The largest absolute Gasteiger partial charge is 0.447 e. The first kappa shape index (κ1) is 24.3. The molecule has 1 aromatic heterocycles. The summed E-state index contributed by atoms with van der Waals surface area (Å²) in [6.45, 7) is 6.68. The summed E-state index contributed by atoms with van der Waals surface area (Å²) in [5, 5.41) is 3.30. The summed E-state index contributed by atoms with van der Waals surface area (Å²) in [5.41, 5.74) is 1.70. The second-order valence-corrected chi connectivity index (χ2v) is 10.3. The minimum atomic E-state index is -0.262. The number of anilines is 1. The van der Waals surface area contributed by atoms with Crippen LogP contribution in [0, 0.1) is 5.82 Å². The lowest BCUT2D eigenvalue weighted by molar-refractivity contribution is -0.160. The predicted molar refractivity (Wildman–Crippen MR) is 127 cm³/mol. The number of benzene rings is 1. The van der Waals surface area contributed by atoms with Crippen molar-refractivity contribution in [3.05, 3.63) is 40.1 Å². The van der Waals surface area contributed by atoms with Crippen molar-refractivity contribution in [1.82, 2.24) is 9.88 Å². The molecule has 33 heavy (non-hydrogen) atoms. The van der Waals surface area contributed by atoms with Gasteiger partial charge in [-0.2, -0.15) is 4.33 Å². The number of halogens is 1. The van der Waals surface area contributed by atoms with E-state index in [1.54, 1.807) is 22.3 Å². The van der Waals surface area contributed by atoms with Crippen LogP contribution in [-0.2, 0) is 14.0 Å². The number of carbonyl (C=O) groups excluding carboxylic acids is 1. The molecule has 1 aromatic carbocycles. The second-order valence-electron chi connectivity index (χ2n) is 8.67. The molecule has 10 heteroatoms. The number of piperidine rings is 1. The molecule has 2 fully saturated rings. The molecule has 4 rings (SSSR count). The summed E-state index contributed by atoms with van der Waals surface area (Å²) in [6.07, 6.45) is 2.43. The number of ether oxygens (including phenoxy) is 1. The van der Waals surface area contributed by atoms with E-state index in [0.717, 1.165) is 55.1 Å².